The van der Waals surface area contributed by atoms with Gasteiger partial charge in [0.25, 0.3) is 0 Å². The van der Waals surface area contributed by atoms with E-state index in [9.17, 15) is 0 Å². The van der Waals surface area contributed by atoms with Crippen LogP contribution in [0.1, 0.15) is 71.0 Å². The highest BCUT2D eigenvalue weighted by molar-refractivity contribution is 5.38. The summed E-state index contributed by atoms with van der Waals surface area (Å²) < 4.78 is 2.10. The molecule has 1 aromatic rings. The summed E-state index contributed by atoms with van der Waals surface area (Å²) in [4.78, 5) is 0. The molecule has 2 rings (SSSR count). The van der Waals surface area contributed by atoms with Gasteiger partial charge in [-0.25, -0.2) is 4.68 Å². The molecule has 0 unspecified atom stereocenters. The molecule has 4 heteroatoms. The lowest BCUT2D eigenvalue weighted by Gasteiger charge is -2.24. The minimum absolute atomic E-state index is 0.0138. The highest BCUT2D eigenvalue weighted by Crippen LogP contribution is 2.33. The van der Waals surface area contributed by atoms with Gasteiger partial charge >= 0.3 is 0 Å². The molecule has 17 heavy (non-hydrogen) atoms. The van der Waals surface area contributed by atoms with Gasteiger partial charge in [-0.05, 0) is 12.8 Å². The number of hydrogen-bond donors (Lipinski definition) is 1. The van der Waals surface area contributed by atoms with Crippen LogP contribution in [-0.4, -0.2) is 15.0 Å². The van der Waals surface area contributed by atoms with Crippen molar-refractivity contribution in [3.8, 4) is 0 Å². The third kappa shape index (κ3) is 2.61. The molecule has 1 saturated carbocycles. The van der Waals surface area contributed by atoms with Crippen molar-refractivity contribution in [2.75, 3.05) is 5.73 Å². The third-order valence-electron chi connectivity index (χ3n) is 3.60. The Morgan fingerprint density at radius 3 is 2.24 bits per heavy atom. The number of anilines is 1. The zero-order chi connectivity index (χ0) is 12.5. The van der Waals surface area contributed by atoms with Gasteiger partial charge < -0.3 is 5.73 Å². The number of rotatable bonds is 1. The van der Waals surface area contributed by atoms with E-state index in [0.717, 1.165) is 5.69 Å². The van der Waals surface area contributed by atoms with Gasteiger partial charge in [-0.15, -0.1) is 5.10 Å². The van der Waals surface area contributed by atoms with Crippen molar-refractivity contribution in [2.24, 2.45) is 0 Å². The smallest absolute Gasteiger partial charge is 0.169 e. The van der Waals surface area contributed by atoms with Crippen molar-refractivity contribution >= 4 is 5.82 Å². The summed E-state index contributed by atoms with van der Waals surface area (Å²) in [5, 5.41) is 8.37. The van der Waals surface area contributed by atoms with Gasteiger partial charge in [-0.2, -0.15) is 0 Å². The fraction of sp³-hybridized carbons (Fsp3) is 0.846. The monoisotopic (exact) mass is 236 g/mol. The Morgan fingerprint density at radius 1 is 1.12 bits per heavy atom. The molecule has 0 radical (unpaired) electrons. The van der Waals surface area contributed by atoms with E-state index in [1.807, 2.05) is 0 Å². The Balaban J connectivity index is 2.31. The standard InChI is InChI=1S/C13H24N4/c1-13(2,3)11-12(14)15-16-17(11)10-8-6-4-5-7-9-10/h10H,4-9,14H2,1-3H3. The van der Waals surface area contributed by atoms with Crippen LogP contribution in [0, 0.1) is 0 Å². The molecule has 96 valence electrons. The molecule has 0 aliphatic heterocycles. The first-order valence-electron chi connectivity index (χ1n) is 6.71. The van der Waals surface area contributed by atoms with Crippen LogP contribution < -0.4 is 5.73 Å². The first kappa shape index (κ1) is 12.4. The van der Waals surface area contributed by atoms with Gasteiger partial charge in [0.05, 0.1) is 11.7 Å². The molecule has 0 aromatic carbocycles. The highest BCUT2D eigenvalue weighted by atomic mass is 15.5. The van der Waals surface area contributed by atoms with Crippen LogP contribution in [-0.2, 0) is 5.41 Å². The van der Waals surface area contributed by atoms with E-state index < -0.39 is 0 Å². The predicted octanol–water partition coefficient (Wildman–Crippen LogP) is 3.05. The average Bonchev–Trinajstić information content (AvgIpc) is 2.50. The van der Waals surface area contributed by atoms with Crippen LogP contribution in [0.4, 0.5) is 5.82 Å². The Kier molecular flexibility index (Phi) is 3.40. The van der Waals surface area contributed by atoms with Crippen LogP contribution in [0.3, 0.4) is 0 Å². The molecule has 1 aromatic heterocycles. The summed E-state index contributed by atoms with van der Waals surface area (Å²) in [6, 6.07) is 0.497. The third-order valence-corrected chi connectivity index (χ3v) is 3.60. The first-order valence-corrected chi connectivity index (χ1v) is 6.71. The fourth-order valence-corrected chi connectivity index (χ4v) is 2.79. The second kappa shape index (κ2) is 4.67. The fourth-order valence-electron chi connectivity index (χ4n) is 2.79. The Morgan fingerprint density at radius 2 is 1.71 bits per heavy atom. The highest BCUT2D eigenvalue weighted by Gasteiger charge is 2.27. The Bertz CT molecular complexity index is 367. The molecular formula is C13H24N4. The lowest BCUT2D eigenvalue weighted by molar-refractivity contribution is 0.362. The molecule has 1 fully saturated rings. The summed E-state index contributed by atoms with van der Waals surface area (Å²) in [5.74, 6) is 0.599. The van der Waals surface area contributed by atoms with Gasteiger partial charge in [-0.3, -0.25) is 0 Å². The van der Waals surface area contributed by atoms with Crippen LogP contribution in [0.25, 0.3) is 0 Å². The normalized spacial score (nSPS) is 19.2. The molecule has 1 heterocycles. The van der Waals surface area contributed by atoms with Crippen molar-refractivity contribution in [3.63, 3.8) is 0 Å². The topological polar surface area (TPSA) is 56.7 Å². The lowest BCUT2D eigenvalue weighted by atomic mass is 9.91. The van der Waals surface area contributed by atoms with Crippen molar-refractivity contribution < 1.29 is 0 Å². The molecule has 0 amide bonds. The van der Waals surface area contributed by atoms with Gasteiger partial charge in [0.1, 0.15) is 0 Å². The maximum Gasteiger partial charge on any atom is 0.169 e. The summed E-state index contributed by atoms with van der Waals surface area (Å²) >= 11 is 0. The average molecular weight is 236 g/mol. The molecule has 0 saturated heterocycles. The van der Waals surface area contributed by atoms with E-state index in [1.54, 1.807) is 0 Å². The minimum atomic E-state index is 0.0138. The SMILES string of the molecule is CC(C)(C)c1c(N)nnn1C1CCCCCC1. The maximum absolute atomic E-state index is 5.98. The summed E-state index contributed by atoms with van der Waals surface area (Å²) in [7, 11) is 0. The van der Waals surface area contributed by atoms with E-state index in [1.165, 1.54) is 38.5 Å². The summed E-state index contributed by atoms with van der Waals surface area (Å²) in [5.41, 5.74) is 7.09. The molecule has 1 aliphatic rings. The van der Waals surface area contributed by atoms with Crippen molar-refractivity contribution in [1.29, 1.82) is 0 Å². The van der Waals surface area contributed by atoms with Gasteiger partial charge in [0.15, 0.2) is 5.82 Å². The number of nitrogens with zero attached hydrogens (tertiary/aromatic N) is 3. The zero-order valence-corrected chi connectivity index (χ0v) is 11.2. The molecule has 0 atom stereocenters. The molecular weight excluding hydrogens is 212 g/mol. The Labute approximate surface area is 104 Å². The second-order valence-corrected chi connectivity index (χ2v) is 6.16. The summed E-state index contributed by atoms with van der Waals surface area (Å²) in [6.45, 7) is 6.53. The molecule has 1 aliphatic carbocycles. The summed E-state index contributed by atoms with van der Waals surface area (Å²) in [6.07, 6.45) is 7.73. The van der Waals surface area contributed by atoms with E-state index >= 15 is 0 Å². The maximum atomic E-state index is 5.98. The van der Waals surface area contributed by atoms with Gasteiger partial charge in [-0.1, -0.05) is 51.7 Å². The predicted molar refractivity (Wildman–Crippen MR) is 69.9 cm³/mol. The van der Waals surface area contributed by atoms with E-state index in [4.69, 9.17) is 5.73 Å². The number of nitrogen functional groups attached to an aromatic ring is 1. The largest absolute Gasteiger partial charge is 0.381 e. The van der Waals surface area contributed by atoms with E-state index in [0.29, 0.717) is 11.9 Å². The lowest BCUT2D eigenvalue weighted by Crippen LogP contribution is -2.23. The zero-order valence-electron chi connectivity index (χ0n) is 11.2. The molecule has 2 N–H and O–H groups in total. The molecule has 0 bridgehead atoms. The van der Waals surface area contributed by atoms with Crippen LogP contribution in [0.5, 0.6) is 0 Å². The van der Waals surface area contributed by atoms with Gasteiger partial charge in [0, 0.05) is 5.41 Å². The van der Waals surface area contributed by atoms with Crippen molar-refractivity contribution in [3.05, 3.63) is 5.69 Å². The van der Waals surface area contributed by atoms with Crippen molar-refractivity contribution in [2.45, 2.75) is 70.8 Å². The van der Waals surface area contributed by atoms with Crippen molar-refractivity contribution in [1.82, 2.24) is 15.0 Å². The van der Waals surface area contributed by atoms with Crippen LogP contribution >= 0.6 is 0 Å². The first-order chi connectivity index (χ1) is 8.00. The van der Waals surface area contributed by atoms with Crippen LogP contribution in [0.2, 0.25) is 0 Å². The quantitative estimate of drug-likeness (QED) is 0.762. The minimum Gasteiger partial charge on any atom is -0.381 e. The van der Waals surface area contributed by atoms with E-state index in [-0.39, 0.29) is 5.41 Å². The molecule has 0 spiro atoms. The number of hydrogen-bond acceptors (Lipinski definition) is 3. The van der Waals surface area contributed by atoms with E-state index in [2.05, 4.69) is 35.8 Å². The Hall–Kier alpha value is -1.06. The van der Waals surface area contributed by atoms with Gasteiger partial charge in [0.2, 0.25) is 0 Å². The number of aromatic nitrogens is 3. The number of nitrogens with two attached hydrogens (primary N) is 1. The molecule has 4 nitrogen and oxygen atoms in total. The van der Waals surface area contributed by atoms with Crippen LogP contribution in [0.15, 0.2) is 0 Å². The second-order valence-electron chi connectivity index (χ2n) is 6.16.